The summed E-state index contributed by atoms with van der Waals surface area (Å²) < 4.78 is 0. The van der Waals surface area contributed by atoms with Crippen molar-refractivity contribution in [2.24, 2.45) is 0 Å². The van der Waals surface area contributed by atoms with Crippen LogP contribution in [0.1, 0.15) is 31.8 Å². The molecule has 256 valence electrons. The maximum Gasteiger partial charge on any atom is 0.194 e. The normalized spacial score (nSPS) is 11.8. The van der Waals surface area contributed by atoms with Gasteiger partial charge in [-0.05, 0) is 107 Å². The van der Waals surface area contributed by atoms with Crippen molar-refractivity contribution < 1.29 is 9.59 Å². The van der Waals surface area contributed by atoms with E-state index in [1.54, 1.807) is 12.1 Å². The van der Waals surface area contributed by atoms with E-state index in [0.717, 1.165) is 56.4 Å². The van der Waals surface area contributed by atoms with Crippen molar-refractivity contribution in [3.8, 4) is 22.3 Å². The van der Waals surface area contributed by atoms with Crippen LogP contribution in [-0.4, -0.2) is 11.6 Å². The minimum atomic E-state index is -0.138. The molecule has 0 aliphatic heterocycles. The van der Waals surface area contributed by atoms with Crippen LogP contribution in [0.4, 0.5) is 34.1 Å². The predicted molar refractivity (Wildman–Crippen MR) is 220 cm³/mol. The minimum Gasteiger partial charge on any atom is -0.311 e. The third kappa shape index (κ3) is 5.96. The van der Waals surface area contributed by atoms with Gasteiger partial charge in [0.15, 0.2) is 11.6 Å². The number of fused-ring (bicyclic) bond motifs is 2. The lowest BCUT2D eigenvalue weighted by atomic mass is 9.80. The van der Waals surface area contributed by atoms with Crippen molar-refractivity contribution in [3.63, 3.8) is 0 Å². The van der Waals surface area contributed by atoms with E-state index in [0.29, 0.717) is 22.3 Å². The number of carbonyl (C=O) groups is 2. The molecule has 0 radical (unpaired) electrons. The summed E-state index contributed by atoms with van der Waals surface area (Å²) in [6.07, 6.45) is 0. The van der Waals surface area contributed by atoms with E-state index in [4.69, 9.17) is 0 Å². The SMILES string of the molecule is O=C1c2ccccc2C(=O)c2cc(-c3ccc(N(c4ccccc4)c4ccccc4)cc3)c(-c3ccc(N(c4ccccc4)c4ccccc4)cc3)cc21. The van der Waals surface area contributed by atoms with Gasteiger partial charge in [-0.3, -0.25) is 9.59 Å². The van der Waals surface area contributed by atoms with E-state index in [2.05, 4.69) is 107 Å². The van der Waals surface area contributed by atoms with Gasteiger partial charge < -0.3 is 9.80 Å². The summed E-state index contributed by atoms with van der Waals surface area (Å²) in [6.45, 7) is 0. The molecular weight excluding hydrogens is 661 g/mol. The van der Waals surface area contributed by atoms with Crippen molar-refractivity contribution >= 4 is 45.7 Å². The van der Waals surface area contributed by atoms with Crippen LogP contribution in [0, 0.1) is 0 Å². The van der Waals surface area contributed by atoms with E-state index in [1.165, 1.54) is 0 Å². The summed E-state index contributed by atoms with van der Waals surface area (Å²) in [5, 5.41) is 0. The Bertz CT molecular complexity index is 2340. The number of anilines is 6. The summed E-state index contributed by atoms with van der Waals surface area (Å²) in [5.74, 6) is -0.277. The topological polar surface area (TPSA) is 40.6 Å². The molecule has 4 heteroatoms. The molecule has 8 aromatic carbocycles. The Balaban J connectivity index is 1.17. The summed E-state index contributed by atoms with van der Waals surface area (Å²) in [5.41, 5.74) is 11.6. The van der Waals surface area contributed by atoms with Crippen molar-refractivity contribution in [1.82, 2.24) is 0 Å². The molecule has 4 nitrogen and oxygen atoms in total. The van der Waals surface area contributed by atoms with Crippen molar-refractivity contribution in [1.29, 1.82) is 0 Å². The molecule has 0 fully saturated rings. The number of hydrogen-bond acceptors (Lipinski definition) is 4. The molecule has 0 spiro atoms. The molecule has 0 atom stereocenters. The quantitative estimate of drug-likeness (QED) is 0.159. The zero-order valence-corrected chi connectivity index (χ0v) is 29.3. The molecule has 1 aliphatic rings. The number of para-hydroxylation sites is 4. The summed E-state index contributed by atoms with van der Waals surface area (Å²) in [4.78, 5) is 32.4. The lowest BCUT2D eigenvalue weighted by Gasteiger charge is -2.26. The monoisotopic (exact) mass is 694 g/mol. The second kappa shape index (κ2) is 14.0. The van der Waals surface area contributed by atoms with Gasteiger partial charge in [-0.1, -0.05) is 121 Å². The van der Waals surface area contributed by atoms with Crippen LogP contribution in [0.15, 0.2) is 206 Å². The first-order valence-corrected chi connectivity index (χ1v) is 18.0. The van der Waals surface area contributed by atoms with Gasteiger partial charge in [0.1, 0.15) is 0 Å². The predicted octanol–water partition coefficient (Wildman–Crippen LogP) is 12.7. The number of hydrogen-bond donors (Lipinski definition) is 0. The van der Waals surface area contributed by atoms with Gasteiger partial charge in [-0.15, -0.1) is 0 Å². The molecule has 0 heterocycles. The maximum absolute atomic E-state index is 14.0. The fraction of sp³-hybridized carbons (Fsp3) is 0. The first-order chi connectivity index (χ1) is 26.6. The van der Waals surface area contributed by atoms with Gasteiger partial charge in [0.05, 0.1) is 0 Å². The Morgan fingerprint density at radius 3 is 0.796 bits per heavy atom. The van der Waals surface area contributed by atoms with Gasteiger partial charge in [0, 0.05) is 56.4 Å². The van der Waals surface area contributed by atoms with Gasteiger partial charge in [0.25, 0.3) is 0 Å². The largest absolute Gasteiger partial charge is 0.311 e. The molecule has 8 aromatic rings. The first-order valence-electron chi connectivity index (χ1n) is 18.0. The molecule has 0 unspecified atom stereocenters. The average molecular weight is 695 g/mol. The highest BCUT2D eigenvalue weighted by molar-refractivity contribution is 6.29. The van der Waals surface area contributed by atoms with Crippen molar-refractivity contribution in [2.45, 2.75) is 0 Å². The third-order valence-electron chi connectivity index (χ3n) is 9.99. The van der Waals surface area contributed by atoms with Crippen LogP contribution in [0.25, 0.3) is 22.3 Å². The van der Waals surface area contributed by atoms with Crippen LogP contribution in [0.3, 0.4) is 0 Å². The average Bonchev–Trinajstić information content (AvgIpc) is 3.25. The summed E-state index contributed by atoms with van der Waals surface area (Å²) >= 11 is 0. The Morgan fingerprint density at radius 2 is 0.500 bits per heavy atom. The van der Waals surface area contributed by atoms with Crippen LogP contribution < -0.4 is 9.80 Å². The molecular formula is C50H34N2O2. The van der Waals surface area contributed by atoms with Crippen molar-refractivity contribution in [2.75, 3.05) is 9.80 Å². The third-order valence-corrected chi connectivity index (χ3v) is 9.99. The van der Waals surface area contributed by atoms with E-state index >= 15 is 0 Å². The zero-order chi connectivity index (χ0) is 36.4. The maximum atomic E-state index is 14.0. The molecule has 0 aromatic heterocycles. The Kier molecular flexibility index (Phi) is 8.46. The number of nitrogens with zero attached hydrogens (tertiary/aromatic N) is 2. The fourth-order valence-corrected chi connectivity index (χ4v) is 7.41. The lowest BCUT2D eigenvalue weighted by Crippen LogP contribution is -2.21. The van der Waals surface area contributed by atoms with E-state index in [-0.39, 0.29) is 11.6 Å². The zero-order valence-electron chi connectivity index (χ0n) is 29.3. The fourth-order valence-electron chi connectivity index (χ4n) is 7.41. The van der Waals surface area contributed by atoms with E-state index in [1.807, 2.05) is 97.1 Å². The van der Waals surface area contributed by atoms with E-state index in [9.17, 15) is 9.59 Å². The Labute approximate surface area is 314 Å². The van der Waals surface area contributed by atoms with Crippen LogP contribution >= 0.6 is 0 Å². The second-order valence-corrected chi connectivity index (χ2v) is 13.3. The molecule has 0 saturated heterocycles. The smallest absolute Gasteiger partial charge is 0.194 e. The summed E-state index contributed by atoms with van der Waals surface area (Å²) in [7, 11) is 0. The highest BCUT2D eigenvalue weighted by atomic mass is 16.1. The number of carbonyl (C=O) groups excluding carboxylic acids is 2. The molecule has 0 saturated carbocycles. The van der Waals surface area contributed by atoms with Gasteiger partial charge in [-0.2, -0.15) is 0 Å². The van der Waals surface area contributed by atoms with Gasteiger partial charge >= 0.3 is 0 Å². The molecule has 9 rings (SSSR count). The molecule has 0 amide bonds. The van der Waals surface area contributed by atoms with Gasteiger partial charge in [0.2, 0.25) is 0 Å². The van der Waals surface area contributed by atoms with Crippen LogP contribution in [-0.2, 0) is 0 Å². The van der Waals surface area contributed by atoms with Gasteiger partial charge in [-0.25, -0.2) is 0 Å². The number of ketones is 2. The number of rotatable bonds is 8. The van der Waals surface area contributed by atoms with Crippen LogP contribution in [0.5, 0.6) is 0 Å². The standard InChI is InChI=1S/C50H34N2O2/c53-49-43-23-13-14-24-44(43)50(54)48-34-46(36-27-31-42(32-28-36)52(39-19-9-3-10-20-39)40-21-11-4-12-22-40)45(33-47(48)49)35-25-29-41(30-26-35)51(37-15-5-1-6-16-37)38-17-7-2-8-18-38/h1-34H. The Hall–Kier alpha value is -7.30. The highest BCUT2D eigenvalue weighted by Gasteiger charge is 2.31. The Morgan fingerprint density at radius 1 is 0.241 bits per heavy atom. The summed E-state index contributed by atoms with van der Waals surface area (Å²) in [6, 6.07) is 69.0. The number of benzene rings is 8. The van der Waals surface area contributed by atoms with Crippen LogP contribution in [0.2, 0.25) is 0 Å². The molecule has 54 heavy (non-hydrogen) atoms. The lowest BCUT2D eigenvalue weighted by molar-refractivity contribution is 0.0979. The van der Waals surface area contributed by atoms with Crippen molar-refractivity contribution in [3.05, 3.63) is 229 Å². The minimum absolute atomic E-state index is 0.138. The molecule has 0 bridgehead atoms. The second-order valence-electron chi connectivity index (χ2n) is 13.3. The molecule has 0 N–H and O–H groups in total. The van der Waals surface area contributed by atoms with E-state index < -0.39 is 0 Å². The highest BCUT2D eigenvalue weighted by Crippen LogP contribution is 2.42. The molecule has 1 aliphatic carbocycles. The first kappa shape index (κ1) is 32.6.